The van der Waals surface area contributed by atoms with Crippen molar-refractivity contribution in [3.63, 3.8) is 0 Å². The lowest BCUT2D eigenvalue weighted by molar-refractivity contribution is -0.137. The van der Waals surface area contributed by atoms with Gasteiger partial charge in [0.15, 0.2) is 0 Å². The molecule has 0 spiro atoms. The zero-order chi connectivity index (χ0) is 17.0. The van der Waals surface area contributed by atoms with Crippen LogP contribution in [-0.2, 0) is 11.0 Å². The molecule has 1 amide bonds. The van der Waals surface area contributed by atoms with Gasteiger partial charge in [-0.15, -0.1) is 0 Å². The summed E-state index contributed by atoms with van der Waals surface area (Å²) < 4.78 is 38.3. The number of anilines is 1. The second-order valence-electron chi connectivity index (χ2n) is 5.96. The van der Waals surface area contributed by atoms with E-state index in [2.05, 4.69) is 4.98 Å². The van der Waals surface area contributed by atoms with E-state index >= 15 is 0 Å². The molecule has 7 heteroatoms. The molecule has 4 nitrogen and oxygen atoms in total. The van der Waals surface area contributed by atoms with Gasteiger partial charge in [0.2, 0.25) is 5.91 Å². The fourth-order valence-corrected chi connectivity index (χ4v) is 2.87. The van der Waals surface area contributed by atoms with Crippen LogP contribution in [0.5, 0.6) is 0 Å². The van der Waals surface area contributed by atoms with Gasteiger partial charge in [-0.3, -0.25) is 4.79 Å². The molecule has 128 valence electrons. The highest BCUT2D eigenvalue weighted by Crippen LogP contribution is 2.31. The minimum atomic E-state index is -4.36. The average molecular weight is 329 g/mol. The van der Waals surface area contributed by atoms with E-state index in [1.165, 1.54) is 6.20 Å². The predicted molar refractivity (Wildman–Crippen MR) is 82.1 cm³/mol. The van der Waals surface area contributed by atoms with Crippen LogP contribution in [0, 0.1) is 5.92 Å². The summed E-state index contributed by atoms with van der Waals surface area (Å²) in [7, 11) is 1.76. The van der Waals surface area contributed by atoms with Crippen LogP contribution in [0.25, 0.3) is 0 Å². The third-order valence-corrected chi connectivity index (χ3v) is 4.27. The molecular formula is C16H22F3N3O. The number of amides is 1. The molecule has 1 saturated heterocycles. The molecule has 1 aromatic heterocycles. The van der Waals surface area contributed by atoms with Gasteiger partial charge in [0, 0.05) is 39.3 Å². The number of piperidine rings is 1. The number of carbonyl (C=O) groups is 1. The Kier molecular flexibility index (Phi) is 5.49. The van der Waals surface area contributed by atoms with Crippen LogP contribution in [0.1, 0.15) is 31.7 Å². The minimum Gasteiger partial charge on any atom is -0.359 e. The second-order valence-corrected chi connectivity index (χ2v) is 5.96. The Bertz CT molecular complexity index is 540. The van der Waals surface area contributed by atoms with Gasteiger partial charge < -0.3 is 9.80 Å². The van der Waals surface area contributed by atoms with Gasteiger partial charge >= 0.3 is 6.18 Å². The van der Waals surface area contributed by atoms with Crippen LogP contribution in [0.2, 0.25) is 0 Å². The van der Waals surface area contributed by atoms with E-state index in [4.69, 9.17) is 0 Å². The van der Waals surface area contributed by atoms with Gasteiger partial charge in [-0.1, -0.05) is 6.92 Å². The highest BCUT2D eigenvalue weighted by atomic mass is 19.4. The lowest BCUT2D eigenvalue weighted by Gasteiger charge is -2.34. The third kappa shape index (κ3) is 4.59. The Hall–Kier alpha value is -1.79. The maximum Gasteiger partial charge on any atom is 0.416 e. The topological polar surface area (TPSA) is 36.4 Å². The van der Waals surface area contributed by atoms with E-state index in [0.29, 0.717) is 24.7 Å². The van der Waals surface area contributed by atoms with Gasteiger partial charge in [-0.2, -0.15) is 13.2 Å². The van der Waals surface area contributed by atoms with Gasteiger partial charge in [0.1, 0.15) is 5.82 Å². The molecule has 1 aliphatic rings. The monoisotopic (exact) mass is 329 g/mol. The zero-order valence-electron chi connectivity index (χ0n) is 13.4. The van der Waals surface area contributed by atoms with E-state index in [1.807, 2.05) is 11.8 Å². The van der Waals surface area contributed by atoms with Crippen LogP contribution in [-0.4, -0.2) is 42.5 Å². The quantitative estimate of drug-likeness (QED) is 0.851. The summed E-state index contributed by atoms with van der Waals surface area (Å²) in [6.45, 7) is 3.94. The van der Waals surface area contributed by atoms with Crippen molar-refractivity contribution in [1.82, 2.24) is 9.88 Å². The molecule has 1 aromatic rings. The summed E-state index contributed by atoms with van der Waals surface area (Å²) in [6.07, 6.45) is -0.912. The number of nitrogens with zero attached hydrogens (tertiary/aromatic N) is 3. The van der Waals surface area contributed by atoms with Gasteiger partial charge in [0.25, 0.3) is 0 Å². The van der Waals surface area contributed by atoms with Gasteiger partial charge in [-0.25, -0.2) is 4.98 Å². The SMILES string of the molecule is CCC(=O)N1CCC(CN(C)c2cc(C(F)(F)F)ccn2)CC1. The first-order chi connectivity index (χ1) is 10.8. The van der Waals surface area contributed by atoms with Crippen LogP contribution in [0.15, 0.2) is 18.3 Å². The zero-order valence-corrected chi connectivity index (χ0v) is 13.4. The Morgan fingerprint density at radius 1 is 1.39 bits per heavy atom. The van der Waals surface area contributed by atoms with Crippen LogP contribution >= 0.6 is 0 Å². The number of aromatic nitrogens is 1. The second kappa shape index (κ2) is 7.19. The Morgan fingerprint density at radius 2 is 2.04 bits per heavy atom. The maximum absolute atomic E-state index is 12.8. The molecule has 0 atom stereocenters. The van der Waals surface area contributed by atoms with Crippen LogP contribution in [0.4, 0.5) is 19.0 Å². The smallest absolute Gasteiger partial charge is 0.359 e. The minimum absolute atomic E-state index is 0.163. The Balaban J connectivity index is 1.93. The molecule has 1 aliphatic heterocycles. The molecule has 1 fully saturated rings. The standard InChI is InChI=1S/C16H22F3N3O/c1-3-15(23)22-8-5-12(6-9-22)11-21(2)14-10-13(4-7-20-14)16(17,18)19/h4,7,10,12H,3,5-6,8-9,11H2,1-2H3. The number of hydrogen-bond donors (Lipinski definition) is 0. The van der Waals surface area contributed by atoms with Crippen molar-refractivity contribution in [2.24, 2.45) is 5.92 Å². The molecule has 23 heavy (non-hydrogen) atoms. The molecule has 0 N–H and O–H groups in total. The maximum atomic E-state index is 12.8. The number of alkyl halides is 3. The van der Waals surface area contributed by atoms with E-state index in [0.717, 1.165) is 38.1 Å². The molecule has 0 saturated carbocycles. The highest BCUT2D eigenvalue weighted by molar-refractivity contribution is 5.75. The molecule has 0 unspecified atom stereocenters. The summed E-state index contributed by atoms with van der Waals surface area (Å²) in [5.41, 5.74) is -0.683. The summed E-state index contributed by atoms with van der Waals surface area (Å²) in [6, 6.07) is 2.06. The first-order valence-electron chi connectivity index (χ1n) is 7.83. The van der Waals surface area contributed by atoms with Gasteiger partial charge in [-0.05, 0) is 30.9 Å². The molecule has 0 aliphatic carbocycles. The molecule has 0 aromatic carbocycles. The first kappa shape index (κ1) is 17.6. The van der Waals surface area contributed by atoms with Crippen molar-refractivity contribution >= 4 is 11.7 Å². The number of likely N-dealkylation sites (tertiary alicyclic amines) is 1. The normalized spacial score (nSPS) is 16.5. The van der Waals surface area contributed by atoms with Crippen LogP contribution in [0.3, 0.4) is 0 Å². The first-order valence-corrected chi connectivity index (χ1v) is 7.83. The van der Waals surface area contributed by atoms with Crippen molar-refractivity contribution in [3.8, 4) is 0 Å². The number of halogens is 3. The van der Waals surface area contributed by atoms with Crippen molar-refractivity contribution in [3.05, 3.63) is 23.9 Å². The lowest BCUT2D eigenvalue weighted by Crippen LogP contribution is -2.40. The Labute approximate surface area is 134 Å². The lowest BCUT2D eigenvalue weighted by atomic mass is 9.96. The fraction of sp³-hybridized carbons (Fsp3) is 0.625. The predicted octanol–water partition coefficient (Wildman–Crippen LogP) is 3.19. The molecule has 0 radical (unpaired) electrons. The van der Waals surface area contributed by atoms with Crippen molar-refractivity contribution in [2.45, 2.75) is 32.4 Å². The summed E-state index contributed by atoms with van der Waals surface area (Å²) in [4.78, 5) is 19.3. The van der Waals surface area contributed by atoms with E-state index in [1.54, 1.807) is 11.9 Å². The number of rotatable bonds is 4. The summed E-state index contributed by atoms with van der Waals surface area (Å²) in [5, 5.41) is 0. The Morgan fingerprint density at radius 3 is 2.61 bits per heavy atom. The van der Waals surface area contributed by atoms with Crippen LogP contribution < -0.4 is 4.90 Å². The van der Waals surface area contributed by atoms with Crippen molar-refractivity contribution in [1.29, 1.82) is 0 Å². The van der Waals surface area contributed by atoms with E-state index in [-0.39, 0.29) is 5.91 Å². The summed E-state index contributed by atoms with van der Waals surface area (Å²) in [5.74, 6) is 0.848. The molecular weight excluding hydrogens is 307 g/mol. The molecule has 2 rings (SSSR count). The molecule has 2 heterocycles. The van der Waals surface area contributed by atoms with E-state index < -0.39 is 11.7 Å². The van der Waals surface area contributed by atoms with E-state index in [9.17, 15) is 18.0 Å². The largest absolute Gasteiger partial charge is 0.416 e. The van der Waals surface area contributed by atoms with Gasteiger partial charge in [0.05, 0.1) is 5.56 Å². The van der Waals surface area contributed by atoms with Crippen molar-refractivity contribution < 1.29 is 18.0 Å². The van der Waals surface area contributed by atoms with Crippen molar-refractivity contribution in [2.75, 3.05) is 31.6 Å². The number of pyridine rings is 1. The number of carbonyl (C=O) groups excluding carboxylic acids is 1. The third-order valence-electron chi connectivity index (χ3n) is 4.27. The average Bonchev–Trinajstić information content (AvgIpc) is 2.54. The molecule has 0 bridgehead atoms. The summed E-state index contributed by atoms with van der Waals surface area (Å²) >= 11 is 0. The highest BCUT2D eigenvalue weighted by Gasteiger charge is 2.31. The fourth-order valence-electron chi connectivity index (χ4n) is 2.87. The number of hydrogen-bond acceptors (Lipinski definition) is 3.